The highest BCUT2D eigenvalue weighted by molar-refractivity contribution is 6.24. The Labute approximate surface area is 212 Å². The molecule has 8 nitrogen and oxygen atoms in total. The van der Waals surface area contributed by atoms with Crippen LogP contribution in [-0.4, -0.2) is 50.6 Å². The molecule has 2 aliphatic heterocycles. The maximum Gasteiger partial charge on any atom is 0.327 e. The molecule has 2 amide bonds. The molecule has 0 radical (unpaired) electrons. The van der Waals surface area contributed by atoms with Gasteiger partial charge in [0.1, 0.15) is 11.3 Å². The van der Waals surface area contributed by atoms with Crippen molar-refractivity contribution in [1.82, 2.24) is 5.32 Å². The summed E-state index contributed by atoms with van der Waals surface area (Å²) >= 11 is 0. The molecular formula is C28H35N3O5. The average molecular weight is 494 g/mol. The molecule has 2 fully saturated rings. The number of ether oxygens (including phenoxy) is 2. The van der Waals surface area contributed by atoms with E-state index in [2.05, 4.69) is 5.32 Å². The van der Waals surface area contributed by atoms with Crippen LogP contribution in [0.1, 0.15) is 45.2 Å². The van der Waals surface area contributed by atoms with Crippen LogP contribution in [0, 0.1) is 11.8 Å². The van der Waals surface area contributed by atoms with Gasteiger partial charge in [-0.05, 0) is 62.2 Å². The molecule has 36 heavy (non-hydrogen) atoms. The van der Waals surface area contributed by atoms with Crippen LogP contribution in [0.3, 0.4) is 0 Å². The molecule has 192 valence electrons. The Morgan fingerprint density at radius 2 is 1.64 bits per heavy atom. The summed E-state index contributed by atoms with van der Waals surface area (Å²) in [4.78, 5) is 44.5. The molecule has 0 saturated carbocycles. The van der Waals surface area contributed by atoms with Gasteiger partial charge in [-0.3, -0.25) is 19.7 Å². The standard InChI is InChI=1S/C28H35N3O5/c1-6-17-28(27(34)36-8-3)23-22(24(29-28)18-9-11-19(12-10-18)30(4)5)25(32)31(26(23)33)20-13-15-21(16-14-20)35-7-2/h9-16,22-24,29H,6-8,17H2,1-5H3/t22-,23-,24-,28-/m0/s1. The Kier molecular flexibility index (Phi) is 7.36. The van der Waals surface area contributed by atoms with Crippen LogP contribution in [0.2, 0.25) is 0 Å². The summed E-state index contributed by atoms with van der Waals surface area (Å²) < 4.78 is 11.0. The number of hydrogen-bond donors (Lipinski definition) is 1. The van der Waals surface area contributed by atoms with Gasteiger partial charge in [0, 0.05) is 25.8 Å². The maximum atomic E-state index is 13.9. The second-order valence-electron chi connectivity index (χ2n) is 9.49. The lowest BCUT2D eigenvalue weighted by Crippen LogP contribution is -2.56. The molecule has 1 N–H and O–H groups in total. The predicted molar refractivity (Wildman–Crippen MR) is 138 cm³/mol. The Bertz CT molecular complexity index is 1120. The second kappa shape index (κ2) is 10.3. The van der Waals surface area contributed by atoms with Crippen LogP contribution in [0.4, 0.5) is 11.4 Å². The van der Waals surface area contributed by atoms with Crippen molar-refractivity contribution in [2.45, 2.75) is 45.2 Å². The highest BCUT2D eigenvalue weighted by atomic mass is 16.5. The van der Waals surface area contributed by atoms with E-state index in [0.717, 1.165) is 11.3 Å². The number of fused-ring (bicyclic) bond motifs is 1. The maximum absolute atomic E-state index is 13.9. The van der Waals surface area contributed by atoms with Gasteiger partial charge < -0.3 is 14.4 Å². The molecule has 0 aliphatic carbocycles. The average Bonchev–Trinajstić information content (AvgIpc) is 3.34. The Hall–Kier alpha value is -3.39. The molecule has 0 aromatic heterocycles. The van der Waals surface area contributed by atoms with E-state index in [1.54, 1.807) is 31.2 Å². The van der Waals surface area contributed by atoms with E-state index in [0.29, 0.717) is 30.9 Å². The molecule has 2 heterocycles. The number of amides is 2. The summed E-state index contributed by atoms with van der Waals surface area (Å²) in [6.45, 7) is 6.31. The highest BCUT2D eigenvalue weighted by Crippen LogP contribution is 2.51. The van der Waals surface area contributed by atoms with Gasteiger partial charge in [-0.2, -0.15) is 0 Å². The number of benzene rings is 2. The van der Waals surface area contributed by atoms with Crippen molar-refractivity contribution < 1.29 is 23.9 Å². The lowest BCUT2D eigenvalue weighted by molar-refractivity contribution is -0.155. The summed E-state index contributed by atoms with van der Waals surface area (Å²) in [6, 6.07) is 14.3. The van der Waals surface area contributed by atoms with Gasteiger partial charge in [0.15, 0.2) is 0 Å². The quantitative estimate of drug-likeness (QED) is 0.421. The number of hydrogen-bond acceptors (Lipinski definition) is 7. The number of carbonyl (C=O) groups excluding carboxylic acids is 3. The van der Waals surface area contributed by atoms with Crippen molar-refractivity contribution >= 4 is 29.2 Å². The van der Waals surface area contributed by atoms with Gasteiger partial charge in [-0.25, -0.2) is 4.90 Å². The third-order valence-electron chi connectivity index (χ3n) is 7.11. The molecular weight excluding hydrogens is 458 g/mol. The zero-order valence-corrected chi connectivity index (χ0v) is 21.6. The second-order valence-corrected chi connectivity index (χ2v) is 9.49. The zero-order chi connectivity index (χ0) is 26.0. The summed E-state index contributed by atoms with van der Waals surface area (Å²) in [5.41, 5.74) is 1.06. The van der Waals surface area contributed by atoms with Crippen molar-refractivity contribution in [3.05, 3.63) is 54.1 Å². The number of carbonyl (C=O) groups is 3. The van der Waals surface area contributed by atoms with E-state index in [9.17, 15) is 14.4 Å². The van der Waals surface area contributed by atoms with Crippen LogP contribution in [-0.2, 0) is 19.1 Å². The van der Waals surface area contributed by atoms with Crippen LogP contribution in [0.15, 0.2) is 48.5 Å². The zero-order valence-electron chi connectivity index (χ0n) is 21.6. The molecule has 8 heteroatoms. The fraction of sp³-hybridized carbons (Fsp3) is 0.464. The Morgan fingerprint density at radius 1 is 0.972 bits per heavy atom. The third-order valence-corrected chi connectivity index (χ3v) is 7.11. The van der Waals surface area contributed by atoms with Crippen LogP contribution < -0.4 is 19.9 Å². The number of rotatable bonds is 9. The van der Waals surface area contributed by atoms with Crippen LogP contribution in [0.5, 0.6) is 5.75 Å². The van der Waals surface area contributed by atoms with E-state index in [4.69, 9.17) is 9.47 Å². The topological polar surface area (TPSA) is 88.2 Å². The monoisotopic (exact) mass is 493 g/mol. The molecule has 2 aromatic carbocycles. The molecule has 0 spiro atoms. The first-order chi connectivity index (χ1) is 17.3. The fourth-order valence-electron chi connectivity index (χ4n) is 5.56. The van der Waals surface area contributed by atoms with Crippen molar-refractivity contribution in [1.29, 1.82) is 0 Å². The SMILES string of the molecule is CCC[C@]1(C(=O)OCC)N[C@@H](c2ccc(N(C)C)cc2)[C@H]2C(=O)N(c3ccc(OCC)cc3)C(=O)[C@H]21. The summed E-state index contributed by atoms with van der Waals surface area (Å²) in [5, 5.41) is 3.44. The van der Waals surface area contributed by atoms with Crippen molar-refractivity contribution in [2.24, 2.45) is 11.8 Å². The molecule has 0 unspecified atom stereocenters. The summed E-state index contributed by atoms with van der Waals surface area (Å²) in [5.74, 6) is -2.11. The Balaban J connectivity index is 1.80. The molecule has 2 saturated heterocycles. The number of esters is 1. The van der Waals surface area contributed by atoms with Crippen LogP contribution >= 0.6 is 0 Å². The van der Waals surface area contributed by atoms with Gasteiger partial charge in [0.25, 0.3) is 0 Å². The normalized spacial score (nSPS) is 25.1. The number of imide groups is 1. The van der Waals surface area contributed by atoms with Gasteiger partial charge in [0.05, 0.1) is 30.7 Å². The van der Waals surface area contributed by atoms with E-state index < -0.39 is 29.4 Å². The number of anilines is 2. The van der Waals surface area contributed by atoms with E-state index >= 15 is 0 Å². The van der Waals surface area contributed by atoms with Crippen LogP contribution in [0.25, 0.3) is 0 Å². The van der Waals surface area contributed by atoms with Gasteiger partial charge in [-0.15, -0.1) is 0 Å². The lowest BCUT2D eigenvalue weighted by atomic mass is 9.77. The largest absolute Gasteiger partial charge is 0.494 e. The molecule has 2 aromatic rings. The van der Waals surface area contributed by atoms with Gasteiger partial charge >= 0.3 is 5.97 Å². The molecule has 4 atom stereocenters. The predicted octanol–water partition coefficient (Wildman–Crippen LogP) is 3.70. The van der Waals surface area contributed by atoms with Gasteiger partial charge in [0.2, 0.25) is 11.8 Å². The third kappa shape index (κ3) is 4.23. The Morgan fingerprint density at radius 3 is 2.19 bits per heavy atom. The van der Waals surface area contributed by atoms with Crippen molar-refractivity contribution in [2.75, 3.05) is 37.1 Å². The van der Waals surface area contributed by atoms with Crippen molar-refractivity contribution in [3.63, 3.8) is 0 Å². The first-order valence-electron chi connectivity index (χ1n) is 12.6. The fourth-order valence-corrected chi connectivity index (χ4v) is 5.56. The van der Waals surface area contributed by atoms with E-state index in [1.807, 2.05) is 57.1 Å². The van der Waals surface area contributed by atoms with Crippen molar-refractivity contribution in [3.8, 4) is 5.75 Å². The molecule has 2 aliphatic rings. The summed E-state index contributed by atoms with van der Waals surface area (Å²) in [7, 11) is 3.92. The number of nitrogens with one attached hydrogen (secondary N) is 1. The minimum atomic E-state index is -1.28. The summed E-state index contributed by atoms with van der Waals surface area (Å²) in [6.07, 6.45) is 1.03. The smallest absolute Gasteiger partial charge is 0.327 e. The van der Waals surface area contributed by atoms with E-state index in [-0.39, 0.29) is 18.4 Å². The highest BCUT2D eigenvalue weighted by Gasteiger charge is 2.68. The van der Waals surface area contributed by atoms with E-state index in [1.165, 1.54) is 4.90 Å². The molecule has 0 bridgehead atoms. The first kappa shape index (κ1) is 25.7. The minimum Gasteiger partial charge on any atom is -0.494 e. The van der Waals surface area contributed by atoms with Gasteiger partial charge in [-0.1, -0.05) is 25.5 Å². The molecule has 4 rings (SSSR count). The lowest BCUT2D eigenvalue weighted by Gasteiger charge is -2.32. The minimum absolute atomic E-state index is 0.191. The number of nitrogens with zero attached hydrogens (tertiary/aromatic N) is 2. The first-order valence-corrected chi connectivity index (χ1v) is 12.6.